The van der Waals surface area contributed by atoms with Crippen LogP contribution in [0, 0.1) is 12.8 Å². The number of H-pyrrole nitrogens is 1. The number of nitrogens with one attached hydrogen (secondary N) is 1. The summed E-state index contributed by atoms with van der Waals surface area (Å²) >= 11 is 0. The molecule has 0 radical (unpaired) electrons. The molecule has 2 aromatic carbocycles. The van der Waals surface area contributed by atoms with E-state index in [1.807, 2.05) is 50.2 Å². The summed E-state index contributed by atoms with van der Waals surface area (Å²) in [7, 11) is 0. The van der Waals surface area contributed by atoms with Crippen LogP contribution in [0.3, 0.4) is 0 Å². The molecular formula is C29H31N5O5. The summed E-state index contributed by atoms with van der Waals surface area (Å²) in [6, 6.07) is 19.9. The number of pyridine rings is 1. The van der Waals surface area contributed by atoms with E-state index in [1.54, 1.807) is 36.5 Å². The van der Waals surface area contributed by atoms with E-state index in [0.29, 0.717) is 36.8 Å². The molecule has 1 fully saturated rings. The number of ether oxygens (including phenoxy) is 2. The Bertz CT molecular complexity index is 1590. The Labute approximate surface area is 224 Å². The van der Waals surface area contributed by atoms with Crippen LogP contribution < -0.4 is 21.7 Å². The molecule has 1 aliphatic carbocycles. The normalized spacial score (nSPS) is 18.0. The molecule has 2 heterocycles. The molecule has 2 N–H and O–H groups in total. The lowest BCUT2D eigenvalue weighted by Gasteiger charge is -2.38. The summed E-state index contributed by atoms with van der Waals surface area (Å²) < 4.78 is 13.7. The van der Waals surface area contributed by atoms with Gasteiger partial charge in [0.1, 0.15) is 5.75 Å². The van der Waals surface area contributed by atoms with Gasteiger partial charge in [0.15, 0.2) is 6.29 Å². The highest BCUT2D eigenvalue weighted by molar-refractivity contribution is 5.42. The van der Waals surface area contributed by atoms with Crippen LogP contribution in [0.25, 0.3) is 0 Å². The SMILES string of the molecule is CCOC(O)C1CC(n2c(=O)[nH]/c(=N\c3ccc(Oc4ccccn4)cc3)n(Cc3ccc(C)cc3)c2=O)C1. The zero-order valence-corrected chi connectivity index (χ0v) is 21.9. The molecule has 39 heavy (non-hydrogen) atoms. The number of aromatic nitrogens is 4. The fourth-order valence-corrected chi connectivity index (χ4v) is 4.58. The first-order valence-corrected chi connectivity index (χ1v) is 13.0. The Kier molecular flexibility index (Phi) is 7.85. The molecule has 10 heteroatoms. The second-order valence-electron chi connectivity index (χ2n) is 9.59. The van der Waals surface area contributed by atoms with Crippen molar-refractivity contribution in [2.24, 2.45) is 10.9 Å². The monoisotopic (exact) mass is 529 g/mol. The van der Waals surface area contributed by atoms with Crippen LogP contribution in [-0.4, -0.2) is 37.1 Å². The standard InChI is InChI=1S/C29H31N5O5/c1-3-38-26(35)21-16-23(17-21)34-28(36)32-27(33(29(34)37)18-20-9-7-19(2)8-10-20)31-22-11-13-24(14-12-22)39-25-6-4-5-15-30-25/h4-15,21,23,26,35H,3,16-18H2,1-2H3,(H,31,32,36). The number of rotatable bonds is 9. The van der Waals surface area contributed by atoms with Crippen LogP contribution >= 0.6 is 0 Å². The van der Waals surface area contributed by atoms with Crippen LogP contribution in [0.1, 0.15) is 36.9 Å². The summed E-state index contributed by atoms with van der Waals surface area (Å²) in [6.07, 6.45) is 1.70. The minimum Gasteiger partial charge on any atom is -0.439 e. The number of hydrogen-bond donors (Lipinski definition) is 2. The van der Waals surface area contributed by atoms with E-state index in [0.717, 1.165) is 11.1 Å². The average molecular weight is 530 g/mol. The Balaban J connectivity index is 1.49. The van der Waals surface area contributed by atoms with E-state index >= 15 is 0 Å². The number of aryl methyl sites for hydroxylation is 1. The van der Waals surface area contributed by atoms with Crippen molar-refractivity contribution in [1.29, 1.82) is 0 Å². The molecule has 4 aromatic rings. The predicted molar refractivity (Wildman–Crippen MR) is 145 cm³/mol. The van der Waals surface area contributed by atoms with Crippen molar-refractivity contribution < 1.29 is 14.6 Å². The van der Waals surface area contributed by atoms with E-state index in [4.69, 9.17) is 9.47 Å². The quantitative estimate of drug-likeness (QED) is 0.320. The number of aliphatic hydroxyl groups is 1. The van der Waals surface area contributed by atoms with Gasteiger partial charge < -0.3 is 14.6 Å². The summed E-state index contributed by atoms with van der Waals surface area (Å²) in [5.74, 6) is 0.930. The van der Waals surface area contributed by atoms with Crippen LogP contribution in [0.5, 0.6) is 11.6 Å². The number of nitrogens with zero attached hydrogens (tertiary/aromatic N) is 4. The van der Waals surface area contributed by atoms with E-state index < -0.39 is 17.7 Å². The smallest absolute Gasteiger partial charge is 0.335 e. The Hall–Kier alpha value is -4.28. The third-order valence-corrected chi connectivity index (χ3v) is 6.78. The molecule has 1 aliphatic rings. The summed E-state index contributed by atoms with van der Waals surface area (Å²) in [5.41, 5.74) is 1.69. The molecule has 1 unspecified atom stereocenters. The molecular weight excluding hydrogens is 498 g/mol. The molecule has 2 aromatic heterocycles. The molecule has 0 spiro atoms. The second-order valence-corrected chi connectivity index (χ2v) is 9.59. The first-order valence-electron chi connectivity index (χ1n) is 13.0. The lowest BCUT2D eigenvalue weighted by molar-refractivity contribution is -0.156. The van der Waals surface area contributed by atoms with Gasteiger partial charge >= 0.3 is 11.4 Å². The highest BCUT2D eigenvalue weighted by Crippen LogP contribution is 2.38. The van der Waals surface area contributed by atoms with Gasteiger partial charge in [0.05, 0.1) is 12.2 Å². The maximum absolute atomic E-state index is 13.7. The third kappa shape index (κ3) is 6.08. The molecule has 0 amide bonds. The van der Waals surface area contributed by atoms with Crippen molar-refractivity contribution in [1.82, 2.24) is 19.1 Å². The van der Waals surface area contributed by atoms with Crippen molar-refractivity contribution >= 4 is 5.69 Å². The molecule has 1 saturated carbocycles. The Morgan fingerprint density at radius 3 is 2.49 bits per heavy atom. The molecule has 202 valence electrons. The van der Waals surface area contributed by atoms with Gasteiger partial charge in [-0.15, -0.1) is 0 Å². The zero-order valence-electron chi connectivity index (χ0n) is 21.9. The summed E-state index contributed by atoms with van der Waals surface area (Å²) in [5, 5.41) is 10.1. The fraction of sp³-hybridized carbons (Fsp3) is 0.310. The van der Waals surface area contributed by atoms with Crippen molar-refractivity contribution in [2.75, 3.05) is 6.61 Å². The number of benzene rings is 2. The molecule has 0 aliphatic heterocycles. The third-order valence-electron chi connectivity index (χ3n) is 6.78. The van der Waals surface area contributed by atoms with Crippen LogP contribution in [0.15, 0.2) is 87.5 Å². The molecule has 5 rings (SSSR count). The maximum atomic E-state index is 13.7. The Morgan fingerprint density at radius 1 is 1.08 bits per heavy atom. The highest BCUT2D eigenvalue weighted by atomic mass is 16.6. The minimum absolute atomic E-state index is 0.122. The van der Waals surface area contributed by atoms with Gasteiger partial charge in [-0.1, -0.05) is 35.9 Å². The van der Waals surface area contributed by atoms with Crippen molar-refractivity contribution in [3.05, 3.63) is 111 Å². The zero-order chi connectivity index (χ0) is 27.4. The summed E-state index contributed by atoms with van der Waals surface area (Å²) in [6.45, 7) is 4.43. The van der Waals surface area contributed by atoms with Crippen LogP contribution in [0.4, 0.5) is 5.69 Å². The maximum Gasteiger partial charge on any atom is 0.335 e. The van der Waals surface area contributed by atoms with Gasteiger partial charge in [-0.2, -0.15) is 0 Å². The first kappa shape index (κ1) is 26.3. The van der Waals surface area contributed by atoms with Gasteiger partial charge in [0.2, 0.25) is 11.5 Å². The van der Waals surface area contributed by atoms with Crippen molar-refractivity contribution in [2.45, 2.75) is 45.6 Å². The lowest BCUT2D eigenvalue weighted by atomic mass is 9.79. The topological polar surface area (TPSA) is 124 Å². The van der Waals surface area contributed by atoms with Crippen LogP contribution in [0.2, 0.25) is 0 Å². The van der Waals surface area contributed by atoms with Crippen LogP contribution in [-0.2, 0) is 11.3 Å². The van der Waals surface area contributed by atoms with Gasteiger partial charge in [0, 0.05) is 30.8 Å². The molecule has 10 nitrogen and oxygen atoms in total. The fourth-order valence-electron chi connectivity index (χ4n) is 4.58. The Morgan fingerprint density at radius 2 is 1.82 bits per heavy atom. The predicted octanol–water partition coefficient (Wildman–Crippen LogP) is 3.42. The lowest BCUT2D eigenvalue weighted by Crippen LogP contribution is -2.54. The number of hydrogen-bond acceptors (Lipinski definition) is 7. The van der Waals surface area contributed by atoms with Gasteiger partial charge in [-0.3, -0.25) is 9.55 Å². The number of aliphatic hydroxyl groups excluding tert-OH is 1. The molecule has 0 bridgehead atoms. The largest absolute Gasteiger partial charge is 0.439 e. The van der Waals surface area contributed by atoms with E-state index in [2.05, 4.69) is 15.0 Å². The second kappa shape index (κ2) is 11.6. The highest BCUT2D eigenvalue weighted by Gasteiger charge is 2.37. The van der Waals surface area contributed by atoms with E-state index in [1.165, 1.54) is 9.13 Å². The average Bonchev–Trinajstić information content (AvgIpc) is 2.90. The van der Waals surface area contributed by atoms with Crippen molar-refractivity contribution in [3.63, 3.8) is 0 Å². The van der Waals surface area contributed by atoms with Crippen molar-refractivity contribution in [3.8, 4) is 11.6 Å². The minimum atomic E-state index is -0.903. The van der Waals surface area contributed by atoms with Gasteiger partial charge in [-0.05, 0) is 62.6 Å². The van der Waals surface area contributed by atoms with E-state index in [9.17, 15) is 14.7 Å². The van der Waals surface area contributed by atoms with Gasteiger partial charge in [0.25, 0.3) is 0 Å². The molecule has 0 saturated heterocycles. The van der Waals surface area contributed by atoms with Gasteiger partial charge in [-0.25, -0.2) is 24.1 Å². The molecule has 1 atom stereocenters. The first-order chi connectivity index (χ1) is 18.9. The summed E-state index contributed by atoms with van der Waals surface area (Å²) in [4.78, 5) is 38.4. The number of aromatic amines is 1. The van der Waals surface area contributed by atoms with E-state index in [-0.39, 0.29) is 24.1 Å².